The number of benzene rings is 1. The Kier molecular flexibility index (Phi) is 5.18. The maximum atomic E-state index is 11.7. The smallest absolute Gasteiger partial charge is 0.354 e. The van der Waals surface area contributed by atoms with E-state index in [9.17, 15) is 9.59 Å². The molecule has 1 aromatic carbocycles. The van der Waals surface area contributed by atoms with Gasteiger partial charge in [0.15, 0.2) is 0 Å². The van der Waals surface area contributed by atoms with E-state index < -0.39 is 11.9 Å². The second-order valence-electron chi connectivity index (χ2n) is 4.69. The van der Waals surface area contributed by atoms with Crippen LogP contribution in [0, 0.1) is 6.92 Å². The monoisotopic (exact) mass is 334 g/mol. The number of hydrogen-bond donors (Lipinski definition) is 1. The molecule has 1 heterocycles. The van der Waals surface area contributed by atoms with Crippen LogP contribution in [0.3, 0.4) is 0 Å². The van der Waals surface area contributed by atoms with E-state index in [1.807, 2.05) is 13.0 Å². The highest BCUT2D eigenvalue weighted by molar-refractivity contribution is 6.30. The molecule has 6 nitrogen and oxygen atoms in total. The second kappa shape index (κ2) is 7.11. The van der Waals surface area contributed by atoms with E-state index in [1.54, 1.807) is 18.2 Å². The van der Waals surface area contributed by atoms with Gasteiger partial charge in [-0.2, -0.15) is 0 Å². The van der Waals surface area contributed by atoms with Crippen molar-refractivity contribution in [2.75, 3.05) is 19.5 Å². The van der Waals surface area contributed by atoms with Crippen LogP contribution in [0.2, 0.25) is 5.15 Å². The van der Waals surface area contributed by atoms with E-state index in [0.717, 1.165) is 17.0 Å². The number of methoxy groups -OCH3 is 2. The summed E-state index contributed by atoms with van der Waals surface area (Å²) in [6.45, 7) is 1.93. The van der Waals surface area contributed by atoms with Crippen molar-refractivity contribution in [3.63, 3.8) is 0 Å². The zero-order valence-corrected chi connectivity index (χ0v) is 13.6. The number of carbonyl (C=O) groups excluding carboxylic acids is 2. The number of nitrogens with one attached hydrogen (secondary N) is 1. The Labute approximate surface area is 138 Å². The molecular formula is C16H15ClN2O4. The molecule has 0 atom stereocenters. The third kappa shape index (κ3) is 3.98. The fourth-order valence-electron chi connectivity index (χ4n) is 2.03. The number of nitrogens with zero attached hydrogens (tertiary/aromatic N) is 1. The average Bonchev–Trinajstić information content (AvgIpc) is 2.52. The molecule has 23 heavy (non-hydrogen) atoms. The first-order valence-corrected chi connectivity index (χ1v) is 7.04. The number of aryl methyl sites for hydroxylation is 1. The summed E-state index contributed by atoms with van der Waals surface area (Å²) in [6.07, 6.45) is 1.02. The van der Waals surface area contributed by atoms with E-state index in [-0.39, 0.29) is 5.70 Å². The molecule has 0 saturated carbocycles. The highest BCUT2D eigenvalue weighted by Crippen LogP contribution is 2.24. The zero-order valence-electron chi connectivity index (χ0n) is 12.8. The van der Waals surface area contributed by atoms with E-state index in [4.69, 9.17) is 11.6 Å². The Morgan fingerprint density at radius 3 is 2.61 bits per heavy atom. The molecule has 7 heteroatoms. The number of carbonyl (C=O) groups is 2. The highest BCUT2D eigenvalue weighted by Gasteiger charge is 2.13. The van der Waals surface area contributed by atoms with Crippen molar-refractivity contribution in [1.82, 2.24) is 4.98 Å². The quantitative estimate of drug-likeness (QED) is 0.526. The van der Waals surface area contributed by atoms with Gasteiger partial charge >= 0.3 is 11.9 Å². The molecule has 0 bridgehead atoms. The Bertz CT molecular complexity index is 802. The van der Waals surface area contributed by atoms with Crippen molar-refractivity contribution in [1.29, 1.82) is 0 Å². The van der Waals surface area contributed by atoms with E-state index in [2.05, 4.69) is 19.8 Å². The largest absolute Gasteiger partial charge is 0.466 e. The summed E-state index contributed by atoms with van der Waals surface area (Å²) in [5, 5.41) is 4.15. The molecule has 0 aliphatic heterocycles. The lowest BCUT2D eigenvalue weighted by molar-refractivity contribution is -0.138. The molecular weight excluding hydrogens is 320 g/mol. The maximum absolute atomic E-state index is 11.7. The third-order valence-corrected chi connectivity index (χ3v) is 3.33. The average molecular weight is 335 g/mol. The molecule has 0 spiro atoms. The van der Waals surface area contributed by atoms with Gasteiger partial charge in [0.1, 0.15) is 10.9 Å². The van der Waals surface area contributed by atoms with Crippen LogP contribution in [0.4, 0.5) is 5.69 Å². The normalized spacial score (nSPS) is 11.2. The first-order valence-electron chi connectivity index (χ1n) is 6.66. The van der Waals surface area contributed by atoms with Gasteiger partial charge in [0.25, 0.3) is 0 Å². The van der Waals surface area contributed by atoms with Crippen LogP contribution < -0.4 is 5.32 Å². The summed E-state index contributed by atoms with van der Waals surface area (Å²) in [5.74, 6) is -1.36. The van der Waals surface area contributed by atoms with E-state index in [0.29, 0.717) is 16.4 Å². The van der Waals surface area contributed by atoms with Gasteiger partial charge in [-0.05, 0) is 30.7 Å². The van der Waals surface area contributed by atoms with E-state index >= 15 is 0 Å². The highest BCUT2D eigenvalue weighted by atomic mass is 35.5. The Hall–Kier alpha value is -2.60. The lowest BCUT2D eigenvalue weighted by atomic mass is 10.1. The van der Waals surface area contributed by atoms with Crippen molar-refractivity contribution >= 4 is 40.1 Å². The van der Waals surface area contributed by atoms with Gasteiger partial charge in [0.05, 0.1) is 25.8 Å². The van der Waals surface area contributed by atoms with Crippen LogP contribution in [0.5, 0.6) is 0 Å². The Morgan fingerprint density at radius 2 is 1.96 bits per heavy atom. The van der Waals surface area contributed by atoms with Gasteiger partial charge < -0.3 is 14.8 Å². The number of halogens is 1. The minimum atomic E-state index is -0.689. The molecule has 0 unspecified atom stereocenters. The first kappa shape index (κ1) is 16.8. The second-order valence-corrected chi connectivity index (χ2v) is 5.08. The number of pyridine rings is 1. The van der Waals surface area contributed by atoms with Gasteiger partial charge in [-0.3, -0.25) is 0 Å². The standard InChI is InChI=1S/C16H15ClN2O4/c1-9-6-14(17)19-12-7-10(4-5-11(9)12)18-13(16(21)23-3)8-15(20)22-2/h4-8,18H,1-3H3/b13-8+. The predicted octanol–water partition coefficient (Wildman–Crippen LogP) is 2.84. The van der Waals surface area contributed by atoms with E-state index in [1.165, 1.54) is 14.2 Å². The third-order valence-electron chi connectivity index (χ3n) is 3.13. The number of fused-ring (bicyclic) bond motifs is 1. The fourth-order valence-corrected chi connectivity index (χ4v) is 2.28. The predicted molar refractivity (Wildman–Crippen MR) is 87.2 cm³/mol. The molecule has 2 rings (SSSR count). The Balaban J connectivity index is 2.40. The summed E-state index contributed by atoms with van der Waals surface area (Å²) in [6, 6.07) is 7.11. The van der Waals surface area contributed by atoms with Crippen LogP contribution in [-0.4, -0.2) is 31.1 Å². The number of anilines is 1. The van der Waals surface area contributed by atoms with Crippen molar-refractivity contribution in [2.24, 2.45) is 0 Å². The topological polar surface area (TPSA) is 77.5 Å². The van der Waals surface area contributed by atoms with Crippen molar-refractivity contribution < 1.29 is 19.1 Å². The minimum absolute atomic E-state index is 0.0440. The number of hydrogen-bond acceptors (Lipinski definition) is 6. The summed E-state index contributed by atoms with van der Waals surface area (Å²) < 4.78 is 9.16. The lowest BCUT2D eigenvalue weighted by Crippen LogP contribution is -2.15. The van der Waals surface area contributed by atoms with Crippen LogP contribution in [-0.2, 0) is 19.1 Å². The lowest BCUT2D eigenvalue weighted by Gasteiger charge is -2.10. The molecule has 1 N–H and O–H groups in total. The molecule has 0 aliphatic rings. The molecule has 120 valence electrons. The van der Waals surface area contributed by atoms with Crippen LogP contribution in [0.1, 0.15) is 5.56 Å². The fraction of sp³-hybridized carbons (Fsp3) is 0.188. The molecule has 0 radical (unpaired) electrons. The molecule has 0 amide bonds. The van der Waals surface area contributed by atoms with Crippen LogP contribution >= 0.6 is 11.6 Å². The van der Waals surface area contributed by atoms with Crippen molar-refractivity contribution in [2.45, 2.75) is 6.92 Å². The first-order chi connectivity index (χ1) is 10.9. The van der Waals surface area contributed by atoms with Crippen molar-refractivity contribution in [3.8, 4) is 0 Å². The Morgan fingerprint density at radius 1 is 1.22 bits per heavy atom. The molecule has 1 aromatic heterocycles. The summed E-state index contributed by atoms with van der Waals surface area (Å²) in [7, 11) is 2.44. The number of rotatable bonds is 4. The maximum Gasteiger partial charge on any atom is 0.354 e. The molecule has 0 aliphatic carbocycles. The van der Waals surface area contributed by atoms with Gasteiger partial charge in [-0.25, -0.2) is 14.6 Å². The molecule has 2 aromatic rings. The van der Waals surface area contributed by atoms with Gasteiger partial charge in [0, 0.05) is 11.1 Å². The van der Waals surface area contributed by atoms with Gasteiger partial charge in [0.2, 0.25) is 0 Å². The molecule has 0 saturated heterocycles. The molecule has 0 fully saturated rings. The van der Waals surface area contributed by atoms with Crippen molar-refractivity contribution in [3.05, 3.63) is 46.8 Å². The van der Waals surface area contributed by atoms with Gasteiger partial charge in [-0.1, -0.05) is 17.7 Å². The summed E-state index contributed by atoms with van der Waals surface area (Å²) >= 11 is 5.96. The zero-order chi connectivity index (χ0) is 17.0. The van der Waals surface area contributed by atoms with Crippen LogP contribution in [0.15, 0.2) is 36.0 Å². The number of aromatic nitrogens is 1. The minimum Gasteiger partial charge on any atom is -0.466 e. The summed E-state index contributed by atoms with van der Waals surface area (Å²) in [4.78, 5) is 27.3. The number of ether oxygens (including phenoxy) is 2. The SMILES string of the molecule is COC(=O)/C=C(/Nc1ccc2c(C)cc(Cl)nc2c1)C(=O)OC. The summed E-state index contributed by atoms with van der Waals surface area (Å²) in [5.41, 5.74) is 2.18. The van der Waals surface area contributed by atoms with Crippen LogP contribution in [0.25, 0.3) is 10.9 Å². The van der Waals surface area contributed by atoms with Gasteiger partial charge in [-0.15, -0.1) is 0 Å². The number of esters is 2.